The van der Waals surface area contributed by atoms with Gasteiger partial charge in [0.1, 0.15) is 12.4 Å². The summed E-state index contributed by atoms with van der Waals surface area (Å²) in [5, 5.41) is 0. The fourth-order valence-electron chi connectivity index (χ4n) is 2.93. The molecule has 3 heteroatoms. The van der Waals surface area contributed by atoms with Gasteiger partial charge in [0.2, 0.25) is 0 Å². The molecule has 1 saturated carbocycles. The lowest BCUT2D eigenvalue weighted by Gasteiger charge is -2.37. The van der Waals surface area contributed by atoms with Gasteiger partial charge in [-0.05, 0) is 31.4 Å². The van der Waals surface area contributed by atoms with Crippen molar-refractivity contribution in [2.45, 2.75) is 25.4 Å². The zero-order chi connectivity index (χ0) is 12.7. The molecule has 1 aliphatic carbocycles. The number of benzene rings is 1. The summed E-state index contributed by atoms with van der Waals surface area (Å²) < 4.78 is 5.83. The summed E-state index contributed by atoms with van der Waals surface area (Å²) in [6, 6.07) is 8.49. The molecule has 0 aromatic heterocycles. The molecule has 1 aromatic rings. The highest BCUT2D eigenvalue weighted by Gasteiger charge is 2.37. The Kier molecular flexibility index (Phi) is 3.04. The summed E-state index contributed by atoms with van der Waals surface area (Å²) in [5.74, 6) is 2.70. The second-order valence-corrected chi connectivity index (χ2v) is 5.85. The van der Waals surface area contributed by atoms with Gasteiger partial charge in [-0.3, -0.25) is 4.90 Å². The minimum absolute atomic E-state index is 0.0639. The Morgan fingerprint density at radius 2 is 2.11 bits per heavy atom. The monoisotopic (exact) mass is 246 g/mol. The quantitative estimate of drug-likeness (QED) is 0.887. The van der Waals surface area contributed by atoms with E-state index in [0.29, 0.717) is 12.6 Å². The number of nitrogens with two attached hydrogens (primary N) is 1. The van der Waals surface area contributed by atoms with E-state index in [9.17, 15) is 0 Å². The predicted molar refractivity (Wildman–Crippen MR) is 72.6 cm³/mol. The van der Waals surface area contributed by atoms with Crippen molar-refractivity contribution >= 4 is 0 Å². The Labute approximate surface area is 109 Å². The normalized spacial score (nSPS) is 34.0. The first-order valence-corrected chi connectivity index (χ1v) is 6.84. The molecule has 1 heterocycles. The number of ether oxygens (including phenoxy) is 1. The molecule has 0 radical (unpaired) electrons. The molecule has 4 atom stereocenters. The van der Waals surface area contributed by atoms with Crippen molar-refractivity contribution in [2.75, 3.05) is 20.2 Å². The molecule has 1 aliphatic heterocycles. The molecule has 0 bridgehead atoms. The van der Waals surface area contributed by atoms with E-state index in [4.69, 9.17) is 10.5 Å². The van der Waals surface area contributed by atoms with Crippen LogP contribution in [0.3, 0.4) is 0 Å². The average Bonchev–Trinajstić information content (AvgIpc) is 3.05. The highest BCUT2D eigenvalue weighted by Crippen LogP contribution is 2.39. The van der Waals surface area contributed by atoms with Crippen molar-refractivity contribution in [2.24, 2.45) is 17.6 Å². The Bertz CT molecular complexity index is 434. The van der Waals surface area contributed by atoms with Crippen LogP contribution in [0.1, 0.15) is 24.9 Å². The van der Waals surface area contributed by atoms with Crippen LogP contribution in [0.15, 0.2) is 24.3 Å². The first-order chi connectivity index (χ1) is 8.66. The number of hydrogen-bond donors (Lipinski definition) is 1. The third-order valence-electron chi connectivity index (χ3n) is 4.47. The Morgan fingerprint density at radius 3 is 2.83 bits per heavy atom. The van der Waals surface area contributed by atoms with Crippen LogP contribution in [-0.2, 0) is 0 Å². The molecule has 2 aliphatic rings. The van der Waals surface area contributed by atoms with Gasteiger partial charge in [0, 0.05) is 12.1 Å². The average molecular weight is 246 g/mol. The zero-order valence-corrected chi connectivity index (χ0v) is 11.2. The molecule has 0 spiro atoms. The molecule has 2 N–H and O–H groups in total. The van der Waals surface area contributed by atoms with Crippen LogP contribution < -0.4 is 10.5 Å². The van der Waals surface area contributed by atoms with Gasteiger partial charge in [0.15, 0.2) is 0 Å². The summed E-state index contributed by atoms with van der Waals surface area (Å²) in [4.78, 5) is 2.38. The maximum atomic E-state index is 6.40. The van der Waals surface area contributed by atoms with E-state index in [1.54, 1.807) is 0 Å². The molecule has 4 unspecified atom stereocenters. The van der Waals surface area contributed by atoms with Crippen LogP contribution in [0, 0.1) is 11.8 Å². The fourth-order valence-corrected chi connectivity index (χ4v) is 2.93. The zero-order valence-electron chi connectivity index (χ0n) is 11.2. The van der Waals surface area contributed by atoms with E-state index in [1.165, 1.54) is 6.42 Å². The minimum atomic E-state index is 0.0639. The number of likely N-dealkylation sites (N-methyl/N-ethyl adjacent to an activating group) is 1. The van der Waals surface area contributed by atoms with Gasteiger partial charge in [-0.25, -0.2) is 0 Å². The number of fused-ring (bicyclic) bond motifs is 1. The fraction of sp³-hybridized carbons (Fsp3) is 0.600. The Balaban J connectivity index is 1.71. The molecule has 1 aromatic carbocycles. The SMILES string of the molecule is CC1CC1CN(C)C1COc2ccccc2C1N. The van der Waals surface area contributed by atoms with Crippen LogP contribution >= 0.6 is 0 Å². The van der Waals surface area contributed by atoms with Crippen molar-refractivity contribution < 1.29 is 4.74 Å². The Hall–Kier alpha value is -1.06. The topological polar surface area (TPSA) is 38.5 Å². The standard InChI is InChI=1S/C15H22N2O/c1-10-7-11(10)8-17(2)13-9-18-14-6-4-3-5-12(14)15(13)16/h3-6,10-11,13,15H,7-9,16H2,1-2H3. The van der Waals surface area contributed by atoms with Crippen molar-refractivity contribution in [1.29, 1.82) is 0 Å². The lowest BCUT2D eigenvalue weighted by atomic mass is 9.96. The van der Waals surface area contributed by atoms with Crippen molar-refractivity contribution in [3.8, 4) is 5.75 Å². The third-order valence-corrected chi connectivity index (χ3v) is 4.47. The van der Waals surface area contributed by atoms with Gasteiger partial charge < -0.3 is 10.5 Å². The van der Waals surface area contributed by atoms with E-state index >= 15 is 0 Å². The van der Waals surface area contributed by atoms with E-state index in [1.807, 2.05) is 18.2 Å². The van der Waals surface area contributed by atoms with Crippen LogP contribution in [-0.4, -0.2) is 31.1 Å². The van der Waals surface area contributed by atoms with Crippen molar-refractivity contribution in [1.82, 2.24) is 4.90 Å². The summed E-state index contributed by atoms with van der Waals surface area (Å²) >= 11 is 0. The largest absolute Gasteiger partial charge is 0.492 e. The van der Waals surface area contributed by atoms with Gasteiger partial charge in [-0.15, -0.1) is 0 Å². The molecule has 0 amide bonds. The van der Waals surface area contributed by atoms with E-state index in [0.717, 1.165) is 29.7 Å². The van der Waals surface area contributed by atoms with Gasteiger partial charge in [-0.2, -0.15) is 0 Å². The smallest absolute Gasteiger partial charge is 0.124 e. The Morgan fingerprint density at radius 1 is 1.39 bits per heavy atom. The maximum absolute atomic E-state index is 6.40. The van der Waals surface area contributed by atoms with Gasteiger partial charge in [0.25, 0.3) is 0 Å². The van der Waals surface area contributed by atoms with Crippen LogP contribution in [0.5, 0.6) is 5.75 Å². The van der Waals surface area contributed by atoms with E-state index in [-0.39, 0.29) is 6.04 Å². The molecule has 1 fully saturated rings. The highest BCUT2D eigenvalue weighted by molar-refractivity contribution is 5.38. The molecule has 3 rings (SSSR count). The summed E-state index contributed by atoms with van der Waals surface area (Å²) in [6.07, 6.45) is 1.36. The van der Waals surface area contributed by atoms with Crippen LogP contribution in [0.2, 0.25) is 0 Å². The third kappa shape index (κ3) is 2.13. The van der Waals surface area contributed by atoms with Gasteiger partial charge in [-0.1, -0.05) is 25.1 Å². The lowest BCUT2D eigenvalue weighted by Crippen LogP contribution is -2.47. The summed E-state index contributed by atoms with van der Waals surface area (Å²) in [5.41, 5.74) is 7.54. The van der Waals surface area contributed by atoms with E-state index < -0.39 is 0 Å². The lowest BCUT2D eigenvalue weighted by molar-refractivity contribution is 0.115. The van der Waals surface area contributed by atoms with Gasteiger partial charge >= 0.3 is 0 Å². The first-order valence-electron chi connectivity index (χ1n) is 6.84. The number of hydrogen-bond acceptors (Lipinski definition) is 3. The number of rotatable bonds is 3. The molecule has 98 valence electrons. The minimum Gasteiger partial charge on any atom is -0.492 e. The van der Waals surface area contributed by atoms with Crippen molar-refractivity contribution in [3.05, 3.63) is 29.8 Å². The molecule has 3 nitrogen and oxygen atoms in total. The molecular formula is C15H22N2O. The maximum Gasteiger partial charge on any atom is 0.124 e. The molecule has 0 saturated heterocycles. The number of para-hydroxylation sites is 1. The summed E-state index contributed by atoms with van der Waals surface area (Å²) in [6.45, 7) is 4.17. The van der Waals surface area contributed by atoms with Gasteiger partial charge in [0.05, 0.1) is 12.1 Å². The first kappa shape index (κ1) is 12.0. The van der Waals surface area contributed by atoms with Crippen molar-refractivity contribution in [3.63, 3.8) is 0 Å². The van der Waals surface area contributed by atoms with E-state index in [2.05, 4.69) is 24.9 Å². The second kappa shape index (κ2) is 4.56. The molecule has 18 heavy (non-hydrogen) atoms. The number of nitrogens with zero attached hydrogens (tertiary/aromatic N) is 1. The summed E-state index contributed by atoms with van der Waals surface area (Å²) in [7, 11) is 2.17. The highest BCUT2D eigenvalue weighted by atomic mass is 16.5. The van der Waals surface area contributed by atoms with Crippen LogP contribution in [0.4, 0.5) is 0 Å². The second-order valence-electron chi connectivity index (χ2n) is 5.85. The molecular weight excluding hydrogens is 224 g/mol. The van der Waals surface area contributed by atoms with Crippen LogP contribution in [0.25, 0.3) is 0 Å². The predicted octanol–water partition coefficient (Wildman–Crippen LogP) is 2.04.